The maximum atomic E-state index is 12.5. The Bertz CT molecular complexity index is 465. The van der Waals surface area contributed by atoms with Crippen molar-refractivity contribution in [1.82, 2.24) is 4.90 Å². The fourth-order valence-corrected chi connectivity index (χ4v) is 4.51. The number of likely N-dealkylation sites (N-methyl/N-ethyl adjacent to an activating group) is 1. The first-order valence-electron chi connectivity index (χ1n) is 9.83. The lowest BCUT2D eigenvalue weighted by Gasteiger charge is -2.41. The summed E-state index contributed by atoms with van der Waals surface area (Å²) in [4.78, 5) is 14.2. The van der Waals surface area contributed by atoms with Crippen LogP contribution in [-0.2, 0) is 9.53 Å². The van der Waals surface area contributed by atoms with Gasteiger partial charge in [-0.05, 0) is 58.4 Å². The number of nitrogens with zero attached hydrogens (tertiary/aromatic N) is 1. The first-order chi connectivity index (χ1) is 11.8. The topological polar surface area (TPSA) is 90.2 Å². The Morgan fingerprint density at radius 1 is 1.15 bits per heavy atom. The standard InChI is InChI=1S/C20H39NO5/c1-8-16-20(6,25)18(23)21(7)12-14(3)11-19(5,24)10-13(2)9-15(4)17(22)26-16/h13-16,18,23-25H,8-12H2,1-7H3/t13-,14+,15+,16+,18-,19-,20+/m0/s1. The molecular formula is C20H39NO5. The van der Waals surface area contributed by atoms with E-state index in [4.69, 9.17) is 4.74 Å². The Labute approximate surface area is 158 Å². The van der Waals surface area contributed by atoms with Crippen molar-refractivity contribution in [2.24, 2.45) is 17.8 Å². The Kier molecular flexibility index (Phi) is 8.08. The zero-order chi connectivity index (χ0) is 20.3. The molecule has 1 fully saturated rings. The van der Waals surface area contributed by atoms with Gasteiger partial charge < -0.3 is 20.1 Å². The van der Waals surface area contributed by atoms with E-state index in [0.29, 0.717) is 32.2 Å². The lowest BCUT2D eigenvalue weighted by molar-refractivity contribution is -0.206. The second kappa shape index (κ2) is 9.00. The van der Waals surface area contributed by atoms with Crippen LogP contribution in [0.3, 0.4) is 0 Å². The number of hydrogen-bond donors (Lipinski definition) is 3. The fraction of sp³-hybridized carbons (Fsp3) is 0.950. The number of aliphatic hydroxyl groups excluding tert-OH is 1. The molecule has 1 saturated heterocycles. The Hall–Kier alpha value is -0.690. The third-order valence-corrected chi connectivity index (χ3v) is 5.56. The number of hydrogen-bond acceptors (Lipinski definition) is 6. The van der Waals surface area contributed by atoms with Gasteiger partial charge in [0.25, 0.3) is 0 Å². The molecule has 0 unspecified atom stereocenters. The zero-order valence-electron chi connectivity index (χ0n) is 17.5. The lowest BCUT2D eigenvalue weighted by atomic mass is 9.82. The first kappa shape index (κ1) is 23.3. The van der Waals surface area contributed by atoms with Crippen LogP contribution in [-0.4, -0.2) is 63.3 Å². The molecule has 0 aromatic rings. The number of cyclic esters (lactones) is 1. The minimum atomic E-state index is -1.59. The average molecular weight is 374 g/mol. The van der Waals surface area contributed by atoms with E-state index in [2.05, 4.69) is 0 Å². The van der Waals surface area contributed by atoms with Gasteiger partial charge in [0.1, 0.15) is 17.9 Å². The van der Waals surface area contributed by atoms with Crippen LogP contribution >= 0.6 is 0 Å². The van der Waals surface area contributed by atoms with Gasteiger partial charge in [0.15, 0.2) is 0 Å². The van der Waals surface area contributed by atoms with Crippen molar-refractivity contribution < 1.29 is 24.9 Å². The number of ether oxygens (including phenoxy) is 1. The van der Waals surface area contributed by atoms with Gasteiger partial charge in [-0.2, -0.15) is 0 Å². The van der Waals surface area contributed by atoms with Crippen LogP contribution in [0.25, 0.3) is 0 Å². The van der Waals surface area contributed by atoms with Gasteiger partial charge >= 0.3 is 5.97 Å². The van der Waals surface area contributed by atoms with Crippen LogP contribution < -0.4 is 0 Å². The minimum absolute atomic E-state index is 0.135. The van der Waals surface area contributed by atoms with E-state index in [1.54, 1.807) is 11.9 Å². The molecule has 1 aliphatic rings. The Morgan fingerprint density at radius 2 is 1.69 bits per heavy atom. The summed E-state index contributed by atoms with van der Waals surface area (Å²) in [5.41, 5.74) is -2.43. The number of esters is 1. The molecule has 1 rings (SSSR count). The summed E-state index contributed by atoms with van der Waals surface area (Å²) in [6.07, 6.45) is 0.264. The van der Waals surface area contributed by atoms with Crippen molar-refractivity contribution in [3.8, 4) is 0 Å². The molecule has 0 radical (unpaired) electrons. The molecule has 3 N–H and O–H groups in total. The van der Waals surface area contributed by atoms with E-state index < -0.39 is 23.5 Å². The molecule has 26 heavy (non-hydrogen) atoms. The third kappa shape index (κ3) is 6.19. The maximum absolute atomic E-state index is 12.5. The zero-order valence-corrected chi connectivity index (χ0v) is 17.5. The van der Waals surface area contributed by atoms with Crippen LogP contribution in [0, 0.1) is 17.8 Å². The highest BCUT2D eigenvalue weighted by atomic mass is 16.6. The predicted octanol–water partition coefficient (Wildman–Crippen LogP) is 2.15. The lowest BCUT2D eigenvalue weighted by Crippen LogP contribution is -2.58. The van der Waals surface area contributed by atoms with E-state index in [9.17, 15) is 20.1 Å². The summed E-state index contributed by atoms with van der Waals surface area (Å²) in [5.74, 6) is -0.396. The second-order valence-corrected chi connectivity index (χ2v) is 9.13. The van der Waals surface area contributed by atoms with Crippen LogP contribution in [0.4, 0.5) is 0 Å². The molecule has 0 aromatic heterocycles. The van der Waals surface area contributed by atoms with E-state index in [-0.39, 0.29) is 23.7 Å². The summed E-state index contributed by atoms with van der Waals surface area (Å²) in [5, 5.41) is 32.4. The summed E-state index contributed by atoms with van der Waals surface area (Å²) in [6.45, 7) is 11.6. The number of rotatable bonds is 1. The summed E-state index contributed by atoms with van der Waals surface area (Å²) in [6, 6.07) is 0. The van der Waals surface area contributed by atoms with E-state index in [1.165, 1.54) is 6.92 Å². The molecule has 0 bridgehead atoms. The van der Waals surface area contributed by atoms with Gasteiger partial charge in [0.05, 0.1) is 11.5 Å². The van der Waals surface area contributed by atoms with E-state index in [0.717, 1.165) is 0 Å². The minimum Gasteiger partial charge on any atom is -0.459 e. The van der Waals surface area contributed by atoms with Crippen LogP contribution in [0.2, 0.25) is 0 Å². The molecule has 0 saturated carbocycles. The highest BCUT2D eigenvalue weighted by Crippen LogP contribution is 2.31. The molecule has 0 aliphatic carbocycles. The van der Waals surface area contributed by atoms with Gasteiger partial charge in [-0.15, -0.1) is 0 Å². The highest BCUT2D eigenvalue weighted by molar-refractivity contribution is 5.72. The van der Waals surface area contributed by atoms with Crippen molar-refractivity contribution in [3.63, 3.8) is 0 Å². The van der Waals surface area contributed by atoms with Crippen LogP contribution in [0.15, 0.2) is 0 Å². The van der Waals surface area contributed by atoms with Gasteiger partial charge in [-0.3, -0.25) is 9.69 Å². The monoisotopic (exact) mass is 373 g/mol. The number of aliphatic hydroxyl groups is 3. The molecule has 0 spiro atoms. The van der Waals surface area contributed by atoms with E-state index in [1.807, 2.05) is 34.6 Å². The van der Waals surface area contributed by atoms with Gasteiger partial charge in [0, 0.05) is 6.54 Å². The Morgan fingerprint density at radius 3 is 2.23 bits per heavy atom. The normalized spacial score (nSPS) is 45.0. The van der Waals surface area contributed by atoms with Crippen molar-refractivity contribution in [2.45, 2.75) is 90.8 Å². The fourth-order valence-electron chi connectivity index (χ4n) is 4.51. The van der Waals surface area contributed by atoms with Crippen LogP contribution in [0.5, 0.6) is 0 Å². The molecule has 154 valence electrons. The van der Waals surface area contributed by atoms with Crippen LogP contribution in [0.1, 0.15) is 67.2 Å². The molecular weight excluding hydrogens is 334 g/mol. The molecule has 0 aromatic carbocycles. The summed E-state index contributed by atoms with van der Waals surface area (Å²) < 4.78 is 5.58. The molecule has 0 amide bonds. The quantitative estimate of drug-likeness (QED) is 0.610. The summed E-state index contributed by atoms with van der Waals surface area (Å²) in [7, 11) is 1.73. The van der Waals surface area contributed by atoms with Crippen molar-refractivity contribution in [3.05, 3.63) is 0 Å². The highest BCUT2D eigenvalue weighted by Gasteiger charge is 2.43. The molecule has 6 nitrogen and oxygen atoms in total. The predicted molar refractivity (Wildman–Crippen MR) is 101 cm³/mol. The van der Waals surface area contributed by atoms with Crippen molar-refractivity contribution in [2.75, 3.05) is 13.6 Å². The molecule has 7 atom stereocenters. The molecule has 1 aliphatic heterocycles. The largest absolute Gasteiger partial charge is 0.459 e. The van der Waals surface area contributed by atoms with E-state index >= 15 is 0 Å². The smallest absolute Gasteiger partial charge is 0.309 e. The summed E-state index contributed by atoms with van der Waals surface area (Å²) >= 11 is 0. The molecule has 6 heteroatoms. The maximum Gasteiger partial charge on any atom is 0.309 e. The van der Waals surface area contributed by atoms with Gasteiger partial charge in [-0.25, -0.2) is 0 Å². The second-order valence-electron chi connectivity index (χ2n) is 9.13. The Balaban J connectivity index is 3.13. The van der Waals surface area contributed by atoms with Crippen molar-refractivity contribution >= 4 is 5.97 Å². The first-order valence-corrected chi connectivity index (χ1v) is 9.83. The third-order valence-electron chi connectivity index (χ3n) is 5.56. The molecule has 1 heterocycles. The van der Waals surface area contributed by atoms with Gasteiger partial charge in [-0.1, -0.05) is 27.7 Å². The number of carbonyl (C=O) groups is 1. The van der Waals surface area contributed by atoms with Crippen molar-refractivity contribution in [1.29, 1.82) is 0 Å². The number of carbonyl (C=O) groups excluding carboxylic acids is 1. The average Bonchev–Trinajstić information content (AvgIpc) is 2.48. The van der Waals surface area contributed by atoms with Gasteiger partial charge in [0.2, 0.25) is 0 Å². The SMILES string of the molecule is CC[C@H]1OC(=O)[C@H](C)C[C@H](C)C[C@](C)(O)C[C@@H](C)CN(C)[C@@H](O)[C@]1(C)O.